The molecule has 0 bridgehead atoms. The van der Waals surface area contributed by atoms with E-state index in [1.54, 1.807) is 12.2 Å². The number of hydrogen-bond donors (Lipinski definition) is 7. The SMILES string of the molecule is CC/C=C\C/C=C\C/C=C\C/C=C\C/C=C\CCCCCC(=O)O[C@H](COC(=O)CCCCCCCC(=O)/C=C/C=C\CCCCC)COP(=O)(O)O[C@H]1C(O)C(O)C(O)[C@@H](OP(=O)(O)O)C1O. The average Bonchev–Trinajstić information content (AvgIpc) is 3.29. The van der Waals surface area contributed by atoms with E-state index in [4.69, 9.17) is 18.5 Å². The van der Waals surface area contributed by atoms with E-state index < -0.39 is 83.5 Å². The molecule has 5 unspecified atom stereocenters. The summed E-state index contributed by atoms with van der Waals surface area (Å²) in [7, 11) is -10.7. The summed E-state index contributed by atoms with van der Waals surface area (Å²) in [6.45, 7) is 2.81. The zero-order chi connectivity index (χ0) is 50.5. The highest BCUT2D eigenvalue weighted by atomic mass is 31.2. The molecule has 68 heavy (non-hydrogen) atoms. The zero-order valence-electron chi connectivity index (χ0n) is 40.0. The number of allylic oxidation sites excluding steroid dienone is 14. The first-order chi connectivity index (χ1) is 32.5. The average molecular weight is 1000 g/mol. The third-order valence-electron chi connectivity index (χ3n) is 10.4. The molecule has 1 rings (SSSR count). The highest BCUT2D eigenvalue weighted by Gasteiger charge is 2.54. The highest BCUT2D eigenvalue weighted by Crippen LogP contribution is 2.49. The van der Waals surface area contributed by atoms with Crippen molar-refractivity contribution in [1.29, 1.82) is 0 Å². The van der Waals surface area contributed by atoms with Gasteiger partial charge in [0.05, 0.1) is 6.61 Å². The third-order valence-corrected chi connectivity index (χ3v) is 11.9. The van der Waals surface area contributed by atoms with Crippen LogP contribution in [0.25, 0.3) is 0 Å². The van der Waals surface area contributed by atoms with E-state index in [1.807, 2.05) is 6.08 Å². The number of ketones is 1. The van der Waals surface area contributed by atoms with Crippen LogP contribution in [0.1, 0.15) is 149 Å². The van der Waals surface area contributed by atoms with Crippen LogP contribution in [0.15, 0.2) is 85.1 Å². The molecule has 0 heterocycles. The van der Waals surface area contributed by atoms with E-state index in [1.165, 1.54) is 6.42 Å². The minimum Gasteiger partial charge on any atom is -0.462 e. The Kier molecular flexibility index (Phi) is 35.7. The molecule has 1 fully saturated rings. The van der Waals surface area contributed by atoms with Crippen LogP contribution in [0.2, 0.25) is 0 Å². The lowest BCUT2D eigenvalue weighted by molar-refractivity contribution is -0.216. The smallest absolute Gasteiger partial charge is 0.462 e. The van der Waals surface area contributed by atoms with Crippen molar-refractivity contribution in [3.63, 3.8) is 0 Å². The number of phosphoric ester groups is 2. The number of aliphatic hydroxyl groups excluding tert-OH is 4. The fraction of sp³-hybridized carbons (Fsp3) is 0.653. The fourth-order valence-corrected chi connectivity index (χ4v) is 8.22. The summed E-state index contributed by atoms with van der Waals surface area (Å²) in [5.41, 5.74) is 0. The summed E-state index contributed by atoms with van der Waals surface area (Å²) in [5, 5.41) is 41.2. The van der Waals surface area contributed by atoms with E-state index >= 15 is 0 Å². The number of esters is 2. The molecule has 1 aliphatic carbocycles. The summed E-state index contributed by atoms with van der Waals surface area (Å²) < 4.78 is 49.3. The molecule has 0 aromatic rings. The van der Waals surface area contributed by atoms with Gasteiger partial charge in [-0.1, -0.05) is 131 Å². The molecular weight excluding hydrogens is 922 g/mol. The number of carbonyl (C=O) groups is 3. The maximum atomic E-state index is 13.0. The number of carbonyl (C=O) groups excluding carboxylic acids is 3. The maximum absolute atomic E-state index is 13.0. The van der Waals surface area contributed by atoms with Crippen LogP contribution in [0, 0.1) is 0 Å². The molecule has 0 saturated heterocycles. The summed E-state index contributed by atoms with van der Waals surface area (Å²) in [6.07, 6.45) is 29.2. The molecule has 0 spiro atoms. The van der Waals surface area contributed by atoms with Crippen molar-refractivity contribution in [2.45, 2.75) is 191 Å². The van der Waals surface area contributed by atoms with Gasteiger partial charge in [0.2, 0.25) is 0 Å². The molecule has 1 saturated carbocycles. The van der Waals surface area contributed by atoms with Gasteiger partial charge in [0.25, 0.3) is 0 Å². The maximum Gasteiger partial charge on any atom is 0.472 e. The molecule has 7 N–H and O–H groups in total. The van der Waals surface area contributed by atoms with Gasteiger partial charge in [-0.2, -0.15) is 0 Å². The highest BCUT2D eigenvalue weighted by molar-refractivity contribution is 7.47. The predicted molar refractivity (Wildman–Crippen MR) is 260 cm³/mol. The zero-order valence-corrected chi connectivity index (χ0v) is 41.8. The van der Waals surface area contributed by atoms with Crippen molar-refractivity contribution in [2.24, 2.45) is 0 Å². The van der Waals surface area contributed by atoms with E-state index in [2.05, 4.69) is 85.2 Å². The van der Waals surface area contributed by atoms with Crippen LogP contribution in [0.5, 0.6) is 0 Å². The number of unbranched alkanes of at least 4 members (excludes halogenated alkanes) is 10. The van der Waals surface area contributed by atoms with Gasteiger partial charge in [-0.3, -0.25) is 28.0 Å². The molecule has 0 radical (unpaired) electrons. The Bertz CT molecular complexity index is 1700. The van der Waals surface area contributed by atoms with Crippen molar-refractivity contribution in [2.75, 3.05) is 13.2 Å². The lowest BCUT2D eigenvalue weighted by atomic mass is 9.85. The van der Waals surface area contributed by atoms with Crippen LogP contribution in [0.3, 0.4) is 0 Å². The molecule has 19 heteroatoms. The standard InChI is InChI=1S/C49H80O17P2/c1-3-5-7-9-11-12-13-14-15-16-17-18-19-20-21-22-24-28-33-37-43(52)64-41(38-62-42(51)36-32-29-25-27-31-35-40(50)34-30-26-23-10-8-6-4-2)39-63-68(60,61)66-49-46(55)44(53)45(54)48(47(49)56)65-67(57,58)59/h5,7,11-12,14-15,17-18,20-21,23,26,30,34,41,44-49,53-56H,3-4,6,8-10,13,16,19,22,24-25,27-29,31-33,35-39H2,1-2H3,(H,60,61)(H2,57,58,59)/b7-5-,12-11-,15-14-,18-17-,21-20-,26-23-,34-30+/t41-,44?,45?,46?,47?,48-,49+/m1/s1. The Hall–Kier alpha value is -3.15. The fourth-order valence-electron chi connectivity index (χ4n) is 6.68. The summed E-state index contributed by atoms with van der Waals surface area (Å²) in [5.74, 6) is -1.29. The third kappa shape index (κ3) is 32.6. The number of aliphatic hydroxyl groups is 4. The van der Waals surface area contributed by atoms with Crippen LogP contribution in [-0.2, 0) is 46.6 Å². The van der Waals surface area contributed by atoms with Crippen molar-refractivity contribution in [3.05, 3.63) is 85.1 Å². The van der Waals surface area contributed by atoms with Crippen LogP contribution < -0.4 is 0 Å². The van der Waals surface area contributed by atoms with Crippen LogP contribution in [-0.4, -0.2) is 109 Å². The Morgan fingerprint density at radius 3 is 1.62 bits per heavy atom. The first kappa shape index (κ1) is 62.9. The van der Waals surface area contributed by atoms with Gasteiger partial charge in [-0.25, -0.2) is 9.13 Å². The minimum atomic E-state index is -5.39. The first-order valence-corrected chi connectivity index (χ1v) is 27.1. The summed E-state index contributed by atoms with van der Waals surface area (Å²) in [6, 6.07) is 0. The normalized spacial score (nSPS) is 21.9. The van der Waals surface area contributed by atoms with Crippen molar-refractivity contribution in [3.8, 4) is 0 Å². The lowest BCUT2D eigenvalue weighted by Gasteiger charge is -2.43. The predicted octanol–water partition coefficient (Wildman–Crippen LogP) is 8.57. The minimum absolute atomic E-state index is 0.0246. The second-order valence-corrected chi connectivity index (χ2v) is 19.1. The van der Waals surface area contributed by atoms with Crippen LogP contribution in [0.4, 0.5) is 0 Å². The number of hydrogen-bond acceptors (Lipinski definition) is 14. The Morgan fingerprint density at radius 2 is 1.03 bits per heavy atom. The number of phosphoric acid groups is 2. The van der Waals surface area contributed by atoms with Gasteiger partial charge in [-0.15, -0.1) is 0 Å². The molecular formula is C49H80O17P2. The van der Waals surface area contributed by atoms with Gasteiger partial charge >= 0.3 is 27.6 Å². The largest absolute Gasteiger partial charge is 0.472 e. The summed E-state index contributed by atoms with van der Waals surface area (Å²) in [4.78, 5) is 66.4. The van der Waals surface area contributed by atoms with E-state index in [9.17, 15) is 58.6 Å². The molecule has 17 nitrogen and oxygen atoms in total. The van der Waals surface area contributed by atoms with Gasteiger partial charge in [0, 0.05) is 19.3 Å². The quantitative estimate of drug-likeness (QED) is 0.00758. The molecule has 8 atom stereocenters. The second kappa shape index (κ2) is 38.6. The lowest BCUT2D eigenvalue weighted by Crippen LogP contribution is -2.64. The second-order valence-electron chi connectivity index (χ2n) is 16.5. The van der Waals surface area contributed by atoms with Crippen molar-refractivity contribution in [1.82, 2.24) is 0 Å². The van der Waals surface area contributed by atoms with E-state index in [0.717, 1.165) is 77.0 Å². The molecule has 0 aromatic heterocycles. The van der Waals surface area contributed by atoms with Gasteiger partial charge in [0.1, 0.15) is 43.2 Å². The molecule has 0 amide bonds. The summed E-state index contributed by atoms with van der Waals surface area (Å²) >= 11 is 0. The van der Waals surface area contributed by atoms with Gasteiger partial charge in [-0.05, 0) is 83.1 Å². The van der Waals surface area contributed by atoms with Crippen LogP contribution >= 0.6 is 15.6 Å². The van der Waals surface area contributed by atoms with Crippen molar-refractivity contribution >= 4 is 33.4 Å². The number of rotatable bonds is 39. The Labute approximate surface area is 403 Å². The monoisotopic (exact) mass is 1000 g/mol. The van der Waals surface area contributed by atoms with Gasteiger partial charge < -0.3 is 44.6 Å². The Morgan fingerprint density at radius 1 is 0.529 bits per heavy atom. The van der Waals surface area contributed by atoms with Gasteiger partial charge in [0.15, 0.2) is 11.9 Å². The topological polar surface area (TPSA) is 273 Å². The molecule has 0 aliphatic heterocycles. The molecule has 1 aliphatic rings. The Balaban J connectivity index is 2.65. The van der Waals surface area contributed by atoms with Crippen molar-refractivity contribution < 1.29 is 81.7 Å². The number of ether oxygens (including phenoxy) is 2. The first-order valence-electron chi connectivity index (χ1n) is 24.1. The van der Waals surface area contributed by atoms with E-state index in [0.29, 0.717) is 38.5 Å². The molecule has 388 valence electrons. The van der Waals surface area contributed by atoms with E-state index in [-0.39, 0.29) is 18.6 Å². The molecule has 0 aromatic carbocycles.